The van der Waals surface area contributed by atoms with Crippen molar-refractivity contribution in [1.82, 2.24) is 0 Å². The van der Waals surface area contributed by atoms with E-state index in [1.54, 1.807) is 11.0 Å². The van der Waals surface area contributed by atoms with Crippen LogP contribution in [0.5, 0.6) is 0 Å². The smallest absolute Gasteiger partial charge is 0 e. The molecule has 1 heterocycles. The van der Waals surface area contributed by atoms with E-state index in [1.807, 2.05) is 39.0 Å². The van der Waals surface area contributed by atoms with Crippen LogP contribution in [0.15, 0.2) is 41.5 Å². The summed E-state index contributed by atoms with van der Waals surface area (Å²) >= 11 is 2.25. The van der Waals surface area contributed by atoms with Gasteiger partial charge in [0.2, 0.25) is 0 Å². The number of fused-ring (bicyclic) bond motifs is 1. The van der Waals surface area contributed by atoms with E-state index in [0.717, 1.165) is 48.9 Å². The van der Waals surface area contributed by atoms with E-state index < -0.39 is 0 Å². The Bertz CT molecular complexity index is 746. The summed E-state index contributed by atoms with van der Waals surface area (Å²) in [7, 11) is 0. The first-order chi connectivity index (χ1) is 13.0. The molecule has 28 heavy (non-hydrogen) atoms. The minimum absolute atomic E-state index is 0. The van der Waals surface area contributed by atoms with Gasteiger partial charge in [-0.3, -0.25) is 0 Å². The van der Waals surface area contributed by atoms with Gasteiger partial charge in [0.15, 0.2) is 0 Å². The molecule has 1 spiro atoms. The Hall–Kier alpha value is -0.364. The Kier molecular flexibility index (Phi) is 10.8. The third-order valence-electron chi connectivity index (χ3n) is 5.56. The molecule has 1 fully saturated rings. The normalized spacial score (nSPS) is 23.6. The van der Waals surface area contributed by atoms with Crippen molar-refractivity contribution in [3.63, 3.8) is 0 Å². The van der Waals surface area contributed by atoms with Gasteiger partial charge in [-0.1, -0.05) is 13.8 Å². The van der Waals surface area contributed by atoms with Crippen LogP contribution in [0.4, 0.5) is 5.69 Å². The number of aliphatic hydroxyl groups is 1. The Balaban J connectivity index is 0.00000127. The maximum atomic E-state index is 13.0. The SMILES string of the molecule is CC.[CH-]=C(/C=C(/C)[C-]=[V])C(=O)N1CCC2(CCCC2O)Cc2ccccc21.[U]. The van der Waals surface area contributed by atoms with Crippen LogP contribution in [0.2, 0.25) is 0 Å². The van der Waals surface area contributed by atoms with E-state index in [-0.39, 0.29) is 54.1 Å². The molecule has 2 aliphatic rings. The van der Waals surface area contributed by atoms with Crippen molar-refractivity contribution in [1.29, 1.82) is 0 Å². The van der Waals surface area contributed by atoms with Crippen molar-refractivity contribution >= 4 is 16.3 Å². The van der Waals surface area contributed by atoms with Gasteiger partial charge in [-0.05, 0) is 0 Å². The third-order valence-corrected chi connectivity index (χ3v) is 6.11. The summed E-state index contributed by atoms with van der Waals surface area (Å²) in [5.41, 5.74) is 2.95. The summed E-state index contributed by atoms with van der Waals surface area (Å²) < 4.78 is 2.92. The molecule has 5 heteroatoms. The van der Waals surface area contributed by atoms with Crippen molar-refractivity contribution in [3.8, 4) is 0 Å². The second kappa shape index (κ2) is 11.7. The zero-order chi connectivity index (χ0) is 20.0. The van der Waals surface area contributed by atoms with Gasteiger partial charge >= 0.3 is 159 Å². The predicted octanol–water partition coefficient (Wildman–Crippen LogP) is 4.05. The fourth-order valence-electron chi connectivity index (χ4n) is 4.16. The summed E-state index contributed by atoms with van der Waals surface area (Å²) in [4.78, 5) is 14.8. The van der Waals surface area contributed by atoms with Gasteiger partial charge in [-0.25, -0.2) is 0 Å². The number of benzene rings is 1. The van der Waals surface area contributed by atoms with Crippen LogP contribution < -0.4 is 4.90 Å². The maximum absolute atomic E-state index is 13.0. The maximum Gasteiger partial charge on any atom is 0 e. The topological polar surface area (TPSA) is 40.5 Å². The Morgan fingerprint density at radius 3 is 2.64 bits per heavy atom. The molecule has 0 aromatic heterocycles. The Morgan fingerprint density at radius 2 is 2.04 bits per heavy atom. The number of hydrogen-bond acceptors (Lipinski definition) is 2. The molecule has 2 unspecified atom stereocenters. The monoisotopic (exact) mass is 640 g/mol. The molecule has 0 saturated heterocycles. The molecule has 3 rings (SSSR count). The first-order valence-electron chi connectivity index (χ1n) is 9.75. The molecule has 1 aliphatic carbocycles. The van der Waals surface area contributed by atoms with Gasteiger partial charge in [0.05, 0.1) is 0 Å². The van der Waals surface area contributed by atoms with E-state index in [4.69, 9.17) is 6.58 Å². The molecule has 2 atom stereocenters. The Labute approximate surface area is 202 Å². The van der Waals surface area contributed by atoms with Gasteiger partial charge in [-0.15, -0.1) is 0 Å². The number of carbonyl (C=O) groups is 1. The van der Waals surface area contributed by atoms with E-state index in [2.05, 4.69) is 27.8 Å². The number of hydrogen-bond donors (Lipinski definition) is 1. The summed E-state index contributed by atoms with van der Waals surface area (Å²) in [6.07, 6.45) is 5.90. The van der Waals surface area contributed by atoms with Crippen molar-refractivity contribution in [3.05, 3.63) is 53.6 Å². The molecule has 1 amide bonds. The van der Waals surface area contributed by atoms with E-state index in [1.165, 1.54) is 0 Å². The van der Waals surface area contributed by atoms with E-state index in [9.17, 15) is 9.90 Å². The largest absolute Gasteiger partial charge is 0 e. The molecule has 149 valence electrons. The predicted molar refractivity (Wildman–Crippen MR) is 107 cm³/mol. The third kappa shape index (κ3) is 5.62. The molecule has 1 aromatic rings. The average Bonchev–Trinajstić information content (AvgIpc) is 2.94. The van der Waals surface area contributed by atoms with Crippen LogP contribution in [0.3, 0.4) is 0 Å². The summed E-state index contributed by atoms with van der Waals surface area (Å²) in [5.74, 6) is -0.181. The quantitative estimate of drug-likeness (QED) is 0.308. The summed E-state index contributed by atoms with van der Waals surface area (Å²) in [6.45, 7) is 12.5. The molecule has 1 saturated carbocycles. The van der Waals surface area contributed by atoms with Crippen LogP contribution in [0, 0.1) is 43.1 Å². The van der Waals surface area contributed by atoms with Crippen LogP contribution >= 0.6 is 0 Å². The summed E-state index contributed by atoms with van der Waals surface area (Å²) in [5, 5.41) is 10.6. The molecule has 3 nitrogen and oxygen atoms in total. The first kappa shape index (κ1) is 25.7. The number of para-hydroxylation sites is 1. The summed E-state index contributed by atoms with van der Waals surface area (Å²) in [6, 6.07) is 7.99. The van der Waals surface area contributed by atoms with Crippen molar-refractivity contribution in [2.75, 3.05) is 11.4 Å². The van der Waals surface area contributed by atoms with Gasteiger partial charge in [0, 0.05) is 31.1 Å². The molecular weight excluding hydrogens is 611 g/mol. The van der Waals surface area contributed by atoms with Crippen LogP contribution in [-0.2, 0) is 28.2 Å². The molecular formula is C23H29NO2UV-2. The molecule has 0 radical (unpaired) electrons. The number of rotatable bonds is 3. The van der Waals surface area contributed by atoms with Crippen molar-refractivity contribution in [2.24, 2.45) is 5.41 Å². The number of anilines is 1. The minimum atomic E-state index is -0.291. The van der Waals surface area contributed by atoms with Crippen molar-refractivity contribution in [2.45, 2.75) is 59.0 Å². The van der Waals surface area contributed by atoms with Gasteiger partial charge in [-0.2, -0.15) is 0 Å². The Morgan fingerprint density at radius 1 is 1.36 bits per heavy atom. The number of carbonyl (C=O) groups excluding carboxylic acids is 1. The molecule has 0 bridgehead atoms. The standard InChI is InChI=1S/C21H23NO2.C2H6.U.V/c1-15(2)13-16(3)20(24)22-12-11-21(10-6-9-19(21)23)14-17-7-4-5-8-18(17)22;1-2;;/h3-5,7-8,13,19,23H,6,9-12,14H2,1H3;1-2H3;;/q-2;;;/b15-13-;;;. The van der Waals surface area contributed by atoms with E-state index in [0.29, 0.717) is 6.54 Å². The van der Waals surface area contributed by atoms with Gasteiger partial charge in [0.25, 0.3) is 0 Å². The molecule has 1 aromatic carbocycles. The van der Waals surface area contributed by atoms with Crippen molar-refractivity contribution < 1.29 is 58.0 Å². The zero-order valence-corrected chi connectivity index (χ0v) is 22.6. The number of nitrogens with zero attached hydrogens (tertiary/aromatic N) is 1. The van der Waals surface area contributed by atoms with Crippen LogP contribution in [-0.4, -0.2) is 28.4 Å². The van der Waals surface area contributed by atoms with Gasteiger partial charge in [0.1, 0.15) is 0 Å². The number of amides is 1. The second-order valence-electron chi connectivity index (χ2n) is 7.18. The van der Waals surface area contributed by atoms with Crippen LogP contribution in [0.25, 0.3) is 0 Å². The fourth-order valence-corrected chi connectivity index (χ4v) is 4.26. The van der Waals surface area contributed by atoms with Gasteiger partial charge < -0.3 is 0 Å². The molecule has 1 aliphatic heterocycles. The zero-order valence-electron chi connectivity index (χ0n) is 17.0. The number of allylic oxidation sites excluding steroid dienone is 1. The molecule has 1 N–H and O–H groups in total. The average molecular weight is 640 g/mol. The second-order valence-corrected chi connectivity index (χ2v) is 7.53. The first-order valence-corrected chi connectivity index (χ1v) is 10.5. The fraction of sp³-hybridized carbons (Fsp3) is 0.478. The number of aliphatic hydroxyl groups excluding tert-OH is 1. The van der Waals surface area contributed by atoms with E-state index >= 15 is 0 Å². The minimum Gasteiger partial charge on any atom is 0 e. The van der Waals surface area contributed by atoms with Crippen LogP contribution in [0.1, 0.15) is 52.0 Å².